The summed E-state index contributed by atoms with van der Waals surface area (Å²) in [7, 11) is -2.63. The average Bonchev–Trinajstić information content (AvgIpc) is 3.08. The molecule has 278 valence electrons. The van der Waals surface area contributed by atoms with Crippen LogP contribution in [-0.4, -0.2) is 88.5 Å². The van der Waals surface area contributed by atoms with Crippen LogP contribution in [0.1, 0.15) is 63.5 Å². The van der Waals surface area contributed by atoms with E-state index in [1.807, 2.05) is 60.7 Å². The highest BCUT2D eigenvalue weighted by molar-refractivity contribution is 7.52. The molecule has 15 heteroatoms. The van der Waals surface area contributed by atoms with Gasteiger partial charge in [0.05, 0.1) is 45.7 Å². The highest BCUT2D eigenvalue weighted by atomic mass is 31.2. The van der Waals surface area contributed by atoms with E-state index >= 15 is 0 Å². The third-order valence-corrected chi connectivity index (χ3v) is 8.19. The van der Waals surface area contributed by atoms with Crippen molar-refractivity contribution in [2.75, 3.05) is 53.2 Å². The first-order chi connectivity index (χ1) is 24.1. The Hall–Kier alpha value is -4.13. The van der Waals surface area contributed by atoms with Crippen molar-refractivity contribution in [1.82, 2.24) is 4.90 Å². The van der Waals surface area contributed by atoms with Crippen LogP contribution < -0.4 is 5.73 Å². The fourth-order valence-electron chi connectivity index (χ4n) is 4.19. The lowest BCUT2D eigenvalue weighted by molar-refractivity contribution is -0.147. The van der Waals surface area contributed by atoms with E-state index in [0.29, 0.717) is 38.5 Å². The Morgan fingerprint density at radius 1 is 0.680 bits per heavy atom. The summed E-state index contributed by atoms with van der Waals surface area (Å²) in [6.45, 7) is 3.76. The molecule has 0 radical (unpaired) electrons. The van der Waals surface area contributed by atoms with Gasteiger partial charge in [-0.05, 0) is 76.3 Å². The molecule has 0 atom stereocenters. The highest BCUT2D eigenvalue weighted by Gasteiger charge is 2.26. The fourth-order valence-corrected chi connectivity index (χ4v) is 5.50. The van der Waals surface area contributed by atoms with Gasteiger partial charge in [-0.2, -0.15) is 0 Å². The smallest absolute Gasteiger partial charge is 0.462 e. The molecule has 0 amide bonds. The Labute approximate surface area is 295 Å². The number of nitrogens with zero attached hydrogens (tertiary/aromatic N) is 2. The van der Waals surface area contributed by atoms with Crippen molar-refractivity contribution in [2.24, 2.45) is 10.5 Å². The van der Waals surface area contributed by atoms with Gasteiger partial charge in [0.25, 0.3) is 0 Å². The summed E-state index contributed by atoms with van der Waals surface area (Å²) in [5.74, 6) is -0.785. The molecule has 0 unspecified atom stereocenters. The maximum atomic E-state index is 13.5. The van der Waals surface area contributed by atoms with Crippen LogP contribution in [0.25, 0.3) is 0 Å². The zero-order valence-electron chi connectivity index (χ0n) is 29.4. The normalized spacial score (nSPS) is 11.6. The van der Waals surface area contributed by atoms with Crippen LogP contribution >= 0.6 is 7.75 Å². The third-order valence-electron chi connectivity index (χ3n) is 6.72. The molecule has 0 saturated carbocycles. The zero-order chi connectivity index (χ0) is 36.5. The van der Waals surface area contributed by atoms with Crippen LogP contribution in [0, 0.1) is 0 Å². The maximum Gasteiger partial charge on any atom is 0.508 e. The number of likely N-dealkylation sites (N-methyl/N-ethyl adjacent to an activating group) is 1. The van der Waals surface area contributed by atoms with Crippen LogP contribution in [0.2, 0.25) is 0 Å². The molecule has 0 spiro atoms. The number of unbranched alkanes of at least 4 members (excludes halogenated alkanes) is 2. The number of benzene rings is 2. The van der Waals surface area contributed by atoms with Gasteiger partial charge in [-0.1, -0.05) is 60.7 Å². The number of esters is 1. The number of carbonyl (C=O) groups is 3. The Morgan fingerprint density at radius 2 is 1.08 bits per heavy atom. The van der Waals surface area contributed by atoms with Crippen molar-refractivity contribution in [3.05, 3.63) is 71.8 Å². The lowest BCUT2D eigenvalue weighted by Crippen LogP contribution is -2.38. The Morgan fingerprint density at radius 3 is 1.50 bits per heavy atom. The number of rotatable bonds is 24. The summed E-state index contributed by atoms with van der Waals surface area (Å²) < 4.78 is 54.0. The second kappa shape index (κ2) is 24.9. The first kappa shape index (κ1) is 42.0. The second-order valence-corrected chi connectivity index (χ2v) is 13.1. The average molecular weight is 722 g/mol. The maximum absolute atomic E-state index is 13.5. The Balaban J connectivity index is 1.71. The molecule has 0 heterocycles. The standard InChI is InChI=1S/C35H52N3O11P/c1-29(2)49-32(39)28-38(3)33(36)37-50(42,47-26-12-10-22-43-34(40)45-24-14-20-30-16-6-4-7-17-30)48-27-13-11-23-44-35(41)46-25-15-21-31-18-8-5-9-19-31/h4-9,16-19,29H,10-15,20-28H2,1-3H3,(H2,36,37,42). The van der Waals surface area contributed by atoms with Gasteiger partial charge in [0.1, 0.15) is 6.54 Å². The van der Waals surface area contributed by atoms with Gasteiger partial charge in [-0.25, -0.2) is 14.2 Å². The van der Waals surface area contributed by atoms with Gasteiger partial charge in [0.15, 0.2) is 0 Å². The van der Waals surface area contributed by atoms with E-state index in [0.717, 1.165) is 24.0 Å². The third kappa shape index (κ3) is 20.4. The van der Waals surface area contributed by atoms with E-state index in [4.69, 9.17) is 38.5 Å². The lowest BCUT2D eigenvalue weighted by atomic mass is 10.1. The van der Waals surface area contributed by atoms with Crippen LogP contribution in [0.3, 0.4) is 0 Å². The molecule has 0 aliphatic rings. The molecule has 0 aliphatic heterocycles. The molecule has 0 fully saturated rings. The molecule has 2 N–H and O–H groups in total. The van der Waals surface area contributed by atoms with Gasteiger partial charge >= 0.3 is 26.0 Å². The number of aryl methyl sites for hydroxylation is 2. The second-order valence-electron chi connectivity index (χ2n) is 11.5. The van der Waals surface area contributed by atoms with E-state index < -0.39 is 26.0 Å². The predicted molar refractivity (Wildman–Crippen MR) is 188 cm³/mol. The van der Waals surface area contributed by atoms with E-state index in [-0.39, 0.29) is 58.2 Å². The molecule has 0 bridgehead atoms. The molecule has 50 heavy (non-hydrogen) atoms. The quantitative estimate of drug-likeness (QED) is 0.0313. The topological polar surface area (TPSA) is 175 Å². The molecule has 0 aliphatic carbocycles. The van der Waals surface area contributed by atoms with Gasteiger partial charge in [0, 0.05) is 7.05 Å². The summed E-state index contributed by atoms with van der Waals surface area (Å²) in [4.78, 5) is 37.0. The van der Waals surface area contributed by atoms with Crippen molar-refractivity contribution < 1.29 is 51.7 Å². The number of ether oxygens (including phenoxy) is 5. The van der Waals surface area contributed by atoms with Gasteiger partial charge in [-0.3, -0.25) is 13.8 Å². The molecule has 2 aromatic rings. The predicted octanol–water partition coefficient (Wildman–Crippen LogP) is 6.46. The molecule has 2 aromatic carbocycles. The van der Waals surface area contributed by atoms with E-state index in [2.05, 4.69) is 4.76 Å². The van der Waals surface area contributed by atoms with Crippen LogP contribution in [0.4, 0.5) is 9.59 Å². The minimum atomic E-state index is -4.12. The van der Waals surface area contributed by atoms with Crippen molar-refractivity contribution in [3.8, 4) is 0 Å². The summed E-state index contributed by atoms with van der Waals surface area (Å²) in [6, 6.07) is 19.8. The summed E-state index contributed by atoms with van der Waals surface area (Å²) >= 11 is 0. The van der Waals surface area contributed by atoms with E-state index in [9.17, 15) is 18.9 Å². The van der Waals surface area contributed by atoms with E-state index in [1.165, 1.54) is 11.9 Å². The van der Waals surface area contributed by atoms with Crippen LogP contribution in [0.15, 0.2) is 65.4 Å². The van der Waals surface area contributed by atoms with Crippen molar-refractivity contribution in [2.45, 2.75) is 71.3 Å². The minimum absolute atomic E-state index is 0.0398. The number of hydrogen-bond donors (Lipinski definition) is 1. The van der Waals surface area contributed by atoms with Gasteiger partial charge in [-0.15, -0.1) is 4.76 Å². The first-order valence-corrected chi connectivity index (χ1v) is 18.4. The van der Waals surface area contributed by atoms with Crippen molar-refractivity contribution in [1.29, 1.82) is 0 Å². The SMILES string of the molecule is CC(C)OC(=O)CN(C)/C(N)=N/P(=O)(OCCCCOC(=O)OCCCc1ccccc1)OCCCCOC(=O)OCCCc1ccccc1. The van der Waals surface area contributed by atoms with Crippen molar-refractivity contribution >= 4 is 32.0 Å². The molecular formula is C35H52N3O11P. The minimum Gasteiger partial charge on any atom is -0.462 e. The number of carbonyl (C=O) groups excluding carboxylic acids is 3. The van der Waals surface area contributed by atoms with Crippen LogP contribution in [0.5, 0.6) is 0 Å². The summed E-state index contributed by atoms with van der Waals surface area (Å²) in [5, 5.41) is 0. The molecule has 14 nitrogen and oxygen atoms in total. The molecular weight excluding hydrogens is 669 g/mol. The Bertz CT molecular complexity index is 1250. The highest BCUT2D eigenvalue weighted by Crippen LogP contribution is 2.50. The summed E-state index contributed by atoms with van der Waals surface area (Å²) in [5.41, 5.74) is 8.33. The van der Waals surface area contributed by atoms with Crippen molar-refractivity contribution in [3.63, 3.8) is 0 Å². The first-order valence-electron chi connectivity index (χ1n) is 16.9. The lowest BCUT2D eigenvalue weighted by Gasteiger charge is -2.20. The number of nitrogens with two attached hydrogens (primary N) is 1. The number of guanidine groups is 1. The van der Waals surface area contributed by atoms with E-state index in [1.54, 1.807) is 13.8 Å². The monoisotopic (exact) mass is 721 g/mol. The largest absolute Gasteiger partial charge is 0.508 e. The zero-order valence-corrected chi connectivity index (χ0v) is 30.3. The number of hydrogen-bond acceptors (Lipinski definition) is 11. The summed E-state index contributed by atoms with van der Waals surface area (Å²) in [6.07, 6.45) is 2.62. The molecule has 2 rings (SSSR count). The molecule has 0 aromatic heterocycles. The Kier molecular flexibility index (Phi) is 21.0. The van der Waals surface area contributed by atoms with Gasteiger partial charge < -0.3 is 34.3 Å². The molecule has 0 saturated heterocycles. The van der Waals surface area contributed by atoms with Gasteiger partial charge in [0.2, 0.25) is 5.96 Å². The fraction of sp³-hybridized carbons (Fsp3) is 0.543. The van der Waals surface area contributed by atoms with Crippen LogP contribution in [-0.2, 0) is 54.9 Å².